The van der Waals surface area contributed by atoms with Crippen LogP contribution in [0, 0.1) is 5.92 Å². The summed E-state index contributed by atoms with van der Waals surface area (Å²) in [6.07, 6.45) is 2.48. The van der Waals surface area contributed by atoms with Gasteiger partial charge in [-0.05, 0) is 47.5 Å². The highest BCUT2D eigenvalue weighted by Crippen LogP contribution is 2.26. The zero-order valence-electron chi connectivity index (χ0n) is 14.2. The molecule has 2 amide bonds. The Morgan fingerprint density at radius 1 is 1.09 bits per heavy atom. The van der Waals surface area contributed by atoms with E-state index in [2.05, 4.69) is 10.6 Å². The standard InChI is InChI=1S/C16H28N2O4/c1-15(2,3)22-14(21)18-16(4,5)9-13(20)17-10-12(19)11-7-6-8-11/h11H,6-10H2,1-5H3,(H,17,20)(H,18,21). The van der Waals surface area contributed by atoms with Crippen molar-refractivity contribution in [3.05, 3.63) is 0 Å². The van der Waals surface area contributed by atoms with Crippen molar-refractivity contribution in [1.29, 1.82) is 0 Å². The summed E-state index contributed by atoms with van der Waals surface area (Å²) < 4.78 is 5.17. The molecule has 6 nitrogen and oxygen atoms in total. The third-order valence-electron chi connectivity index (χ3n) is 3.46. The fraction of sp³-hybridized carbons (Fsp3) is 0.812. The predicted octanol–water partition coefficient (Wildman–Crippen LogP) is 2.17. The van der Waals surface area contributed by atoms with Crippen molar-refractivity contribution in [2.45, 2.75) is 71.4 Å². The normalized spacial score (nSPS) is 15.7. The number of nitrogens with one attached hydrogen (secondary N) is 2. The fourth-order valence-electron chi connectivity index (χ4n) is 2.15. The van der Waals surface area contributed by atoms with Crippen LogP contribution in [0.2, 0.25) is 0 Å². The number of ketones is 1. The lowest BCUT2D eigenvalue weighted by Gasteiger charge is -2.28. The van der Waals surface area contributed by atoms with Gasteiger partial charge in [0.2, 0.25) is 5.91 Å². The van der Waals surface area contributed by atoms with E-state index in [1.807, 2.05) is 0 Å². The van der Waals surface area contributed by atoms with Gasteiger partial charge in [-0.25, -0.2) is 4.79 Å². The molecule has 0 aromatic heterocycles. The van der Waals surface area contributed by atoms with Gasteiger partial charge in [-0.2, -0.15) is 0 Å². The van der Waals surface area contributed by atoms with Crippen molar-refractivity contribution in [3.63, 3.8) is 0 Å². The van der Waals surface area contributed by atoms with Crippen LogP contribution in [-0.2, 0) is 14.3 Å². The summed E-state index contributed by atoms with van der Waals surface area (Å²) >= 11 is 0. The lowest BCUT2D eigenvalue weighted by molar-refractivity contribution is -0.128. The lowest BCUT2D eigenvalue weighted by Crippen LogP contribution is -2.49. The smallest absolute Gasteiger partial charge is 0.408 e. The minimum Gasteiger partial charge on any atom is -0.444 e. The first kappa shape index (κ1) is 18.5. The molecule has 22 heavy (non-hydrogen) atoms. The Morgan fingerprint density at radius 2 is 1.68 bits per heavy atom. The average Bonchev–Trinajstić information content (AvgIpc) is 2.18. The maximum Gasteiger partial charge on any atom is 0.408 e. The number of hydrogen-bond donors (Lipinski definition) is 2. The first-order chi connectivity index (χ1) is 9.98. The van der Waals surface area contributed by atoms with Gasteiger partial charge in [0.05, 0.1) is 6.54 Å². The minimum absolute atomic E-state index is 0.0754. The Balaban J connectivity index is 2.34. The van der Waals surface area contributed by atoms with Crippen LogP contribution in [0.4, 0.5) is 4.79 Å². The molecule has 0 aromatic rings. The van der Waals surface area contributed by atoms with E-state index in [0.29, 0.717) is 0 Å². The zero-order valence-corrected chi connectivity index (χ0v) is 14.2. The van der Waals surface area contributed by atoms with Gasteiger partial charge in [-0.1, -0.05) is 6.42 Å². The Hall–Kier alpha value is -1.59. The van der Waals surface area contributed by atoms with Crippen LogP contribution in [0.3, 0.4) is 0 Å². The van der Waals surface area contributed by atoms with Gasteiger partial charge < -0.3 is 15.4 Å². The maximum atomic E-state index is 11.9. The van der Waals surface area contributed by atoms with Crippen LogP contribution in [-0.4, -0.2) is 35.5 Å². The molecule has 1 saturated carbocycles. The van der Waals surface area contributed by atoms with Crippen LogP contribution in [0.5, 0.6) is 0 Å². The molecule has 0 radical (unpaired) electrons. The van der Waals surface area contributed by atoms with Crippen molar-refractivity contribution in [3.8, 4) is 0 Å². The molecule has 126 valence electrons. The van der Waals surface area contributed by atoms with E-state index in [-0.39, 0.29) is 30.6 Å². The van der Waals surface area contributed by atoms with Gasteiger partial charge in [0, 0.05) is 17.9 Å². The summed E-state index contributed by atoms with van der Waals surface area (Å²) in [6.45, 7) is 8.88. The monoisotopic (exact) mass is 312 g/mol. The molecule has 1 fully saturated rings. The third kappa shape index (κ3) is 6.91. The van der Waals surface area contributed by atoms with Crippen molar-refractivity contribution >= 4 is 17.8 Å². The Labute approximate surface area is 132 Å². The van der Waals surface area contributed by atoms with E-state index in [1.54, 1.807) is 34.6 Å². The molecule has 1 aliphatic carbocycles. The average molecular weight is 312 g/mol. The summed E-state index contributed by atoms with van der Waals surface area (Å²) in [6, 6.07) is 0. The molecule has 0 saturated heterocycles. The van der Waals surface area contributed by atoms with Gasteiger partial charge in [-0.3, -0.25) is 9.59 Å². The SMILES string of the molecule is CC(C)(CC(=O)NCC(=O)C1CCC1)NC(=O)OC(C)(C)C. The largest absolute Gasteiger partial charge is 0.444 e. The molecule has 1 aliphatic rings. The second kappa shape index (κ2) is 7.11. The second-order valence-electron chi connectivity index (χ2n) is 7.56. The van der Waals surface area contributed by atoms with E-state index < -0.39 is 17.2 Å². The molecular formula is C16H28N2O4. The molecule has 0 aliphatic heterocycles. The Kier molecular flexibility index (Phi) is 5.97. The first-order valence-corrected chi connectivity index (χ1v) is 7.79. The highest BCUT2D eigenvalue weighted by atomic mass is 16.6. The molecule has 0 heterocycles. The lowest BCUT2D eigenvalue weighted by atomic mass is 9.82. The summed E-state index contributed by atoms with van der Waals surface area (Å²) in [4.78, 5) is 35.4. The van der Waals surface area contributed by atoms with Crippen molar-refractivity contribution in [2.75, 3.05) is 6.54 Å². The van der Waals surface area contributed by atoms with Crippen LogP contribution >= 0.6 is 0 Å². The van der Waals surface area contributed by atoms with Gasteiger partial charge in [0.15, 0.2) is 5.78 Å². The number of rotatable bonds is 6. The molecule has 0 spiro atoms. The van der Waals surface area contributed by atoms with E-state index in [0.717, 1.165) is 19.3 Å². The number of hydrogen-bond acceptors (Lipinski definition) is 4. The van der Waals surface area contributed by atoms with E-state index >= 15 is 0 Å². The second-order valence-corrected chi connectivity index (χ2v) is 7.56. The highest BCUT2D eigenvalue weighted by molar-refractivity contribution is 5.88. The quantitative estimate of drug-likeness (QED) is 0.787. The molecule has 1 rings (SSSR count). The van der Waals surface area contributed by atoms with E-state index in [4.69, 9.17) is 4.74 Å². The molecule has 0 unspecified atom stereocenters. The molecule has 6 heteroatoms. The molecule has 0 atom stereocenters. The van der Waals surface area contributed by atoms with E-state index in [9.17, 15) is 14.4 Å². The predicted molar refractivity (Wildman–Crippen MR) is 83.4 cm³/mol. The molecular weight excluding hydrogens is 284 g/mol. The number of Topliss-reactive ketones (excluding diaryl/α,β-unsaturated/α-hetero) is 1. The van der Waals surface area contributed by atoms with Crippen LogP contribution in [0.1, 0.15) is 60.3 Å². The molecule has 0 aromatic carbocycles. The van der Waals surface area contributed by atoms with Gasteiger partial charge in [-0.15, -0.1) is 0 Å². The van der Waals surface area contributed by atoms with Gasteiger partial charge >= 0.3 is 6.09 Å². The Morgan fingerprint density at radius 3 is 2.14 bits per heavy atom. The topological polar surface area (TPSA) is 84.5 Å². The number of carbonyl (C=O) groups excluding carboxylic acids is 3. The zero-order chi connectivity index (χ0) is 17.0. The maximum absolute atomic E-state index is 11.9. The summed E-state index contributed by atoms with van der Waals surface area (Å²) in [5.74, 6) is -0.0422. The molecule has 0 bridgehead atoms. The third-order valence-corrected chi connectivity index (χ3v) is 3.46. The van der Waals surface area contributed by atoms with Crippen molar-refractivity contribution in [1.82, 2.24) is 10.6 Å². The summed E-state index contributed by atoms with van der Waals surface area (Å²) in [5.41, 5.74) is -1.33. The number of carbonyl (C=O) groups is 3. The van der Waals surface area contributed by atoms with Crippen molar-refractivity contribution < 1.29 is 19.1 Å². The van der Waals surface area contributed by atoms with Gasteiger partial charge in [0.25, 0.3) is 0 Å². The minimum atomic E-state index is -0.744. The van der Waals surface area contributed by atoms with Crippen molar-refractivity contribution in [2.24, 2.45) is 5.92 Å². The summed E-state index contributed by atoms with van der Waals surface area (Å²) in [5, 5.41) is 5.30. The fourth-order valence-corrected chi connectivity index (χ4v) is 2.15. The molecule has 2 N–H and O–H groups in total. The highest BCUT2D eigenvalue weighted by Gasteiger charge is 2.28. The van der Waals surface area contributed by atoms with Crippen LogP contribution < -0.4 is 10.6 Å². The number of ether oxygens (including phenoxy) is 1. The van der Waals surface area contributed by atoms with Gasteiger partial charge in [0.1, 0.15) is 5.60 Å². The summed E-state index contributed by atoms with van der Waals surface area (Å²) in [7, 11) is 0. The van der Waals surface area contributed by atoms with E-state index in [1.165, 1.54) is 0 Å². The van der Waals surface area contributed by atoms with Crippen LogP contribution in [0.25, 0.3) is 0 Å². The first-order valence-electron chi connectivity index (χ1n) is 7.79. The van der Waals surface area contributed by atoms with Crippen LogP contribution in [0.15, 0.2) is 0 Å². The number of alkyl carbamates (subject to hydrolysis) is 1. The Bertz CT molecular complexity index is 434. The number of amides is 2.